The highest BCUT2D eigenvalue weighted by molar-refractivity contribution is 5.88. The van der Waals surface area contributed by atoms with Crippen molar-refractivity contribution >= 4 is 17.5 Å². The highest BCUT2D eigenvalue weighted by Crippen LogP contribution is 2.25. The van der Waals surface area contributed by atoms with Crippen LogP contribution >= 0.6 is 0 Å². The topological polar surface area (TPSA) is 74.6 Å². The molecule has 0 aliphatic carbocycles. The van der Waals surface area contributed by atoms with Gasteiger partial charge in [0.1, 0.15) is 5.65 Å². The third-order valence-electron chi connectivity index (χ3n) is 4.81. The normalized spacial score (nSPS) is 14.6. The van der Waals surface area contributed by atoms with Crippen molar-refractivity contribution < 1.29 is 4.79 Å². The SMILES string of the molecule is CCNC(=O)Nc1cn2c(CN3CCCC3)cc(-c3cccnc3)cc2n1. The van der Waals surface area contributed by atoms with Gasteiger partial charge in [0.25, 0.3) is 0 Å². The number of hydrogen-bond acceptors (Lipinski definition) is 4. The average Bonchev–Trinajstić information content (AvgIpc) is 3.32. The van der Waals surface area contributed by atoms with Gasteiger partial charge < -0.3 is 9.72 Å². The molecule has 3 aromatic rings. The first kappa shape index (κ1) is 17.5. The number of amides is 2. The largest absolute Gasteiger partial charge is 0.338 e. The number of fused-ring (bicyclic) bond motifs is 1. The van der Waals surface area contributed by atoms with Crippen LogP contribution in [0, 0.1) is 0 Å². The summed E-state index contributed by atoms with van der Waals surface area (Å²) in [5, 5.41) is 5.54. The summed E-state index contributed by atoms with van der Waals surface area (Å²) in [5.41, 5.74) is 4.12. The molecule has 4 rings (SSSR count). The second-order valence-electron chi connectivity index (χ2n) is 6.80. The van der Waals surface area contributed by atoms with Crippen molar-refractivity contribution in [1.29, 1.82) is 0 Å². The molecular formula is C20H24N6O. The smallest absolute Gasteiger partial charge is 0.320 e. The van der Waals surface area contributed by atoms with Crippen LogP contribution < -0.4 is 10.6 Å². The van der Waals surface area contributed by atoms with Gasteiger partial charge in [-0.1, -0.05) is 6.07 Å². The number of nitrogens with one attached hydrogen (secondary N) is 2. The number of imidazole rings is 1. The number of anilines is 1. The van der Waals surface area contributed by atoms with Crippen molar-refractivity contribution in [2.75, 3.05) is 25.0 Å². The van der Waals surface area contributed by atoms with Gasteiger partial charge in [-0.3, -0.25) is 15.2 Å². The van der Waals surface area contributed by atoms with E-state index in [9.17, 15) is 4.79 Å². The molecule has 1 fully saturated rings. The summed E-state index contributed by atoms with van der Waals surface area (Å²) in [6, 6.07) is 7.98. The zero-order chi connectivity index (χ0) is 18.6. The fourth-order valence-corrected chi connectivity index (χ4v) is 3.53. The van der Waals surface area contributed by atoms with Gasteiger partial charge in [-0.25, -0.2) is 9.78 Å². The molecule has 1 aliphatic rings. The predicted molar refractivity (Wildman–Crippen MR) is 106 cm³/mol. The lowest BCUT2D eigenvalue weighted by atomic mass is 10.1. The number of carbonyl (C=O) groups excluding carboxylic acids is 1. The van der Waals surface area contributed by atoms with E-state index >= 15 is 0 Å². The van der Waals surface area contributed by atoms with Crippen LogP contribution in [0.2, 0.25) is 0 Å². The van der Waals surface area contributed by atoms with E-state index in [-0.39, 0.29) is 6.03 Å². The van der Waals surface area contributed by atoms with Crippen molar-refractivity contribution in [2.24, 2.45) is 0 Å². The minimum Gasteiger partial charge on any atom is -0.338 e. The van der Waals surface area contributed by atoms with Crippen LogP contribution in [-0.4, -0.2) is 44.9 Å². The summed E-state index contributed by atoms with van der Waals surface area (Å²) in [6.45, 7) is 5.57. The maximum absolute atomic E-state index is 11.9. The molecule has 3 aromatic heterocycles. The third-order valence-corrected chi connectivity index (χ3v) is 4.81. The zero-order valence-electron chi connectivity index (χ0n) is 15.5. The molecule has 0 unspecified atom stereocenters. The molecule has 0 bridgehead atoms. The Labute approximate surface area is 158 Å². The van der Waals surface area contributed by atoms with Gasteiger partial charge in [0.05, 0.1) is 6.20 Å². The van der Waals surface area contributed by atoms with Crippen LogP contribution in [0.25, 0.3) is 16.8 Å². The molecule has 0 spiro atoms. The molecule has 140 valence electrons. The first-order valence-electron chi connectivity index (χ1n) is 9.42. The molecule has 1 aliphatic heterocycles. The Kier molecular flexibility index (Phi) is 5.02. The van der Waals surface area contributed by atoms with E-state index < -0.39 is 0 Å². The standard InChI is InChI=1S/C20H24N6O/c1-2-22-20(27)24-18-14-26-17(13-25-8-3-4-9-25)10-16(11-19(26)23-18)15-6-5-7-21-12-15/h5-7,10-12,14H,2-4,8-9,13H2,1H3,(H2,22,24,27). The molecular weight excluding hydrogens is 340 g/mol. The predicted octanol–water partition coefficient (Wildman–Crippen LogP) is 3.13. The van der Waals surface area contributed by atoms with Gasteiger partial charge >= 0.3 is 6.03 Å². The zero-order valence-corrected chi connectivity index (χ0v) is 15.5. The van der Waals surface area contributed by atoms with Gasteiger partial charge in [0.15, 0.2) is 5.82 Å². The fraction of sp³-hybridized carbons (Fsp3) is 0.350. The van der Waals surface area contributed by atoms with Crippen LogP contribution in [0.5, 0.6) is 0 Å². The van der Waals surface area contributed by atoms with Crippen molar-refractivity contribution in [3.05, 3.63) is 48.5 Å². The number of aromatic nitrogens is 3. The minimum atomic E-state index is -0.241. The van der Waals surface area contributed by atoms with Gasteiger partial charge in [0.2, 0.25) is 0 Å². The second kappa shape index (κ2) is 7.75. The van der Waals surface area contributed by atoms with E-state index in [4.69, 9.17) is 0 Å². The molecule has 7 nitrogen and oxygen atoms in total. The molecule has 0 atom stereocenters. The van der Waals surface area contributed by atoms with Gasteiger partial charge in [-0.05, 0) is 56.6 Å². The monoisotopic (exact) mass is 364 g/mol. The highest BCUT2D eigenvalue weighted by atomic mass is 16.2. The van der Waals surface area contributed by atoms with E-state index in [0.29, 0.717) is 12.4 Å². The average molecular weight is 364 g/mol. The summed E-state index contributed by atoms with van der Waals surface area (Å²) in [6.07, 6.45) is 8.03. The summed E-state index contributed by atoms with van der Waals surface area (Å²) >= 11 is 0. The number of nitrogens with zero attached hydrogens (tertiary/aromatic N) is 4. The molecule has 0 radical (unpaired) electrons. The van der Waals surface area contributed by atoms with E-state index in [1.807, 2.05) is 31.5 Å². The molecule has 27 heavy (non-hydrogen) atoms. The number of hydrogen-bond donors (Lipinski definition) is 2. The van der Waals surface area contributed by atoms with Crippen molar-refractivity contribution in [3.63, 3.8) is 0 Å². The Bertz CT molecular complexity index is 930. The van der Waals surface area contributed by atoms with E-state index in [2.05, 4.69) is 42.0 Å². The second-order valence-corrected chi connectivity index (χ2v) is 6.80. The lowest BCUT2D eigenvalue weighted by Crippen LogP contribution is -2.28. The van der Waals surface area contributed by atoms with Crippen molar-refractivity contribution in [1.82, 2.24) is 24.6 Å². The summed E-state index contributed by atoms with van der Waals surface area (Å²) in [7, 11) is 0. The van der Waals surface area contributed by atoms with Crippen LogP contribution in [0.4, 0.5) is 10.6 Å². The fourth-order valence-electron chi connectivity index (χ4n) is 3.53. The van der Waals surface area contributed by atoms with Crippen molar-refractivity contribution in [3.8, 4) is 11.1 Å². The van der Waals surface area contributed by atoms with Gasteiger partial charge in [0, 0.05) is 36.7 Å². The van der Waals surface area contributed by atoms with Crippen LogP contribution in [-0.2, 0) is 6.54 Å². The Hall–Kier alpha value is -2.93. The number of pyridine rings is 2. The molecule has 0 aromatic carbocycles. The lowest BCUT2D eigenvalue weighted by molar-refractivity contribution is 0.252. The first-order chi connectivity index (χ1) is 13.2. The summed E-state index contributed by atoms with van der Waals surface area (Å²) < 4.78 is 2.07. The minimum absolute atomic E-state index is 0.241. The molecule has 2 amide bonds. The highest BCUT2D eigenvalue weighted by Gasteiger charge is 2.16. The van der Waals surface area contributed by atoms with Gasteiger partial charge in [-0.2, -0.15) is 0 Å². The Morgan fingerprint density at radius 3 is 2.81 bits per heavy atom. The Morgan fingerprint density at radius 1 is 1.22 bits per heavy atom. The summed E-state index contributed by atoms with van der Waals surface area (Å²) in [4.78, 5) is 23.2. The molecule has 1 saturated heterocycles. The van der Waals surface area contributed by atoms with E-state index in [1.54, 1.807) is 6.20 Å². The maximum atomic E-state index is 11.9. The number of carbonyl (C=O) groups is 1. The molecule has 4 heterocycles. The Morgan fingerprint density at radius 2 is 2.07 bits per heavy atom. The number of urea groups is 1. The number of rotatable bonds is 5. The summed E-state index contributed by atoms with van der Waals surface area (Å²) in [5.74, 6) is 0.548. The molecule has 2 N–H and O–H groups in total. The van der Waals surface area contributed by atoms with Crippen molar-refractivity contribution in [2.45, 2.75) is 26.3 Å². The lowest BCUT2D eigenvalue weighted by Gasteiger charge is -2.17. The molecule has 0 saturated carbocycles. The van der Waals surface area contributed by atoms with Crippen LogP contribution in [0.1, 0.15) is 25.5 Å². The first-order valence-corrected chi connectivity index (χ1v) is 9.42. The Balaban J connectivity index is 1.73. The van der Waals surface area contributed by atoms with E-state index in [1.165, 1.54) is 12.8 Å². The third kappa shape index (κ3) is 3.93. The number of likely N-dealkylation sites (tertiary alicyclic amines) is 1. The van der Waals surface area contributed by atoms with Crippen LogP contribution in [0.3, 0.4) is 0 Å². The van der Waals surface area contributed by atoms with Crippen LogP contribution in [0.15, 0.2) is 42.9 Å². The maximum Gasteiger partial charge on any atom is 0.320 e. The molecule has 7 heteroatoms. The van der Waals surface area contributed by atoms with Gasteiger partial charge in [-0.15, -0.1) is 0 Å². The quantitative estimate of drug-likeness (QED) is 0.729. The van der Waals surface area contributed by atoms with E-state index in [0.717, 1.165) is 42.1 Å².